The second-order valence-corrected chi connectivity index (χ2v) is 5.11. The summed E-state index contributed by atoms with van der Waals surface area (Å²) in [7, 11) is 0. The summed E-state index contributed by atoms with van der Waals surface area (Å²) in [6.45, 7) is 0.944. The summed E-state index contributed by atoms with van der Waals surface area (Å²) >= 11 is 2.77. The summed E-state index contributed by atoms with van der Waals surface area (Å²) in [4.78, 5) is 13.8. The highest BCUT2D eigenvalue weighted by atomic mass is 32.2. The first-order chi connectivity index (χ1) is 7.74. The average molecular weight is 263 g/mol. The van der Waals surface area contributed by atoms with E-state index in [2.05, 4.69) is 10.3 Å². The number of nitrogens with one attached hydrogen (secondary N) is 1. The van der Waals surface area contributed by atoms with Crippen LogP contribution in [0.2, 0.25) is 0 Å². The maximum absolute atomic E-state index is 10.4. The Bertz CT molecular complexity index is 332. The lowest BCUT2D eigenvalue weighted by atomic mass is 10.5. The van der Waals surface area contributed by atoms with Crippen molar-refractivity contribution in [2.45, 2.75) is 6.42 Å². The van der Waals surface area contributed by atoms with Crippen LogP contribution in [-0.4, -0.2) is 39.7 Å². The third kappa shape index (κ3) is 4.77. The van der Waals surface area contributed by atoms with E-state index in [1.807, 2.05) is 0 Å². The van der Waals surface area contributed by atoms with Crippen LogP contribution in [0.15, 0.2) is 6.20 Å². The molecule has 1 aromatic rings. The van der Waals surface area contributed by atoms with Gasteiger partial charge in [0.15, 0.2) is 5.13 Å². The van der Waals surface area contributed by atoms with Gasteiger partial charge in [0, 0.05) is 18.9 Å². The monoisotopic (exact) mass is 263 g/mol. The van der Waals surface area contributed by atoms with Crippen LogP contribution in [0, 0.1) is 10.1 Å². The third-order valence-electron chi connectivity index (χ3n) is 1.64. The van der Waals surface area contributed by atoms with Crippen LogP contribution in [0.5, 0.6) is 0 Å². The molecule has 0 bridgehead atoms. The Morgan fingerprint density at radius 1 is 1.62 bits per heavy atom. The van der Waals surface area contributed by atoms with Crippen molar-refractivity contribution in [3.8, 4) is 0 Å². The summed E-state index contributed by atoms with van der Waals surface area (Å²) < 4.78 is 0. The molecule has 16 heavy (non-hydrogen) atoms. The number of anilines is 1. The lowest BCUT2D eigenvalue weighted by Crippen LogP contribution is -2.04. The van der Waals surface area contributed by atoms with Crippen LogP contribution in [-0.2, 0) is 0 Å². The number of aliphatic hydroxyl groups is 1. The fourth-order valence-electron chi connectivity index (χ4n) is 0.931. The predicted molar refractivity (Wildman–Crippen MR) is 66.3 cm³/mol. The van der Waals surface area contributed by atoms with Gasteiger partial charge in [-0.15, -0.1) is 0 Å². The van der Waals surface area contributed by atoms with Crippen LogP contribution in [0.4, 0.5) is 10.1 Å². The molecule has 0 atom stereocenters. The van der Waals surface area contributed by atoms with E-state index in [9.17, 15) is 10.1 Å². The molecule has 6 nitrogen and oxygen atoms in total. The molecular formula is C8H13N3O3S2. The molecule has 0 amide bonds. The third-order valence-corrected chi connectivity index (χ3v) is 3.62. The van der Waals surface area contributed by atoms with Gasteiger partial charge in [0.25, 0.3) is 0 Å². The minimum atomic E-state index is -0.446. The molecule has 0 unspecified atom stereocenters. The first kappa shape index (κ1) is 13.2. The van der Waals surface area contributed by atoms with E-state index in [0.717, 1.165) is 35.8 Å². The SMILES string of the molecule is O=[N+]([O-])c1cnc(NCCSCCCO)s1. The predicted octanol–water partition coefficient (Wildman–Crippen LogP) is 1.58. The highest BCUT2D eigenvalue weighted by molar-refractivity contribution is 7.99. The molecule has 90 valence electrons. The largest absolute Gasteiger partial charge is 0.396 e. The van der Waals surface area contributed by atoms with Crippen molar-refractivity contribution in [3.05, 3.63) is 16.3 Å². The van der Waals surface area contributed by atoms with Crippen molar-refractivity contribution in [2.24, 2.45) is 0 Å². The second-order valence-electron chi connectivity index (χ2n) is 2.88. The Balaban J connectivity index is 2.14. The Kier molecular flexibility index (Phi) is 6.12. The maximum Gasteiger partial charge on any atom is 0.345 e. The zero-order valence-electron chi connectivity index (χ0n) is 8.59. The number of thiazole rings is 1. The molecule has 0 spiro atoms. The molecule has 1 aromatic heterocycles. The molecule has 1 heterocycles. The molecule has 0 aromatic carbocycles. The fourth-order valence-corrected chi connectivity index (χ4v) is 2.37. The van der Waals surface area contributed by atoms with Gasteiger partial charge in [0.05, 0.1) is 4.92 Å². The highest BCUT2D eigenvalue weighted by Gasteiger charge is 2.10. The average Bonchev–Trinajstić information content (AvgIpc) is 2.72. The molecule has 0 radical (unpaired) electrons. The first-order valence-corrected chi connectivity index (χ1v) is 6.74. The molecule has 0 saturated heterocycles. The summed E-state index contributed by atoms with van der Waals surface area (Å²) in [6, 6.07) is 0. The molecule has 8 heteroatoms. The zero-order valence-corrected chi connectivity index (χ0v) is 10.2. The fraction of sp³-hybridized carbons (Fsp3) is 0.625. The van der Waals surface area contributed by atoms with Crippen LogP contribution in [0.3, 0.4) is 0 Å². The smallest absolute Gasteiger partial charge is 0.345 e. The molecule has 1 rings (SSSR count). The van der Waals surface area contributed by atoms with E-state index in [0.29, 0.717) is 5.13 Å². The summed E-state index contributed by atoms with van der Waals surface area (Å²) in [5.74, 6) is 1.82. The number of rotatable bonds is 8. The number of nitrogens with zero attached hydrogens (tertiary/aromatic N) is 2. The zero-order chi connectivity index (χ0) is 11.8. The molecule has 0 aliphatic rings. The van der Waals surface area contributed by atoms with Gasteiger partial charge in [-0.25, -0.2) is 4.98 Å². The maximum atomic E-state index is 10.4. The molecular weight excluding hydrogens is 250 g/mol. The topological polar surface area (TPSA) is 88.3 Å². The molecule has 2 N–H and O–H groups in total. The Hall–Kier alpha value is -0.860. The van der Waals surface area contributed by atoms with Gasteiger partial charge in [0.1, 0.15) is 6.20 Å². The van der Waals surface area contributed by atoms with Crippen molar-refractivity contribution in [1.29, 1.82) is 0 Å². The second kappa shape index (κ2) is 7.42. The van der Waals surface area contributed by atoms with E-state index in [4.69, 9.17) is 5.11 Å². The summed E-state index contributed by atoms with van der Waals surface area (Å²) in [6.07, 6.45) is 2.05. The number of thioether (sulfide) groups is 1. The quantitative estimate of drug-likeness (QED) is 0.420. The number of nitro groups is 1. The van der Waals surface area contributed by atoms with Gasteiger partial charge in [-0.1, -0.05) is 0 Å². The van der Waals surface area contributed by atoms with Gasteiger partial charge in [-0.05, 0) is 23.5 Å². The summed E-state index contributed by atoms with van der Waals surface area (Å²) in [5.41, 5.74) is 0. The van der Waals surface area contributed by atoms with Crippen molar-refractivity contribution < 1.29 is 10.0 Å². The van der Waals surface area contributed by atoms with Crippen molar-refractivity contribution in [3.63, 3.8) is 0 Å². The van der Waals surface area contributed by atoms with Crippen molar-refractivity contribution in [1.82, 2.24) is 4.98 Å². The van der Waals surface area contributed by atoms with E-state index < -0.39 is 4.92 Å². The van der Waals surface area contributed by atoms with Gasteiger partial charge in [-0.2, -0.15) is 11.8 Å². The number of hydrogen-bond donors (Lipinski definition) is 2. The minimum absolute atomic E-state index is 0.0513. The van der Waals surface area contributed by atoms with E-state index in [1.54, 1.807) is 11.8 Å². The van der Waals surface area contributed by atoms with E-state index >= 15 is 0 Å². The van der Waals surface area contributed by atoms with Gasteiger partial charge in [-0.3, -0.25) is 10.1 Å². The normalized spacial score (nSPS) is 10.3. The summed E-state index contributed by atoms with van der Waals surface area (Å²) in [5, 5.41) is 22.6. The van der Waals surface area contributed by atoms with Crippen LogP contribution in [0.25, 0.3) is 0 Å². The molecule has 0 fully saturated rings. The number of hydrogen-bond acceptors (Lipinski definition) is 7. The standard InChI is InChI=1S/C8H13N3O3S2/c12-3-1-4-15-5-2-9-8-10-6-7(16-8)11(13)14/h6,12H,1-5H2,(H,9,10). The van der Waals surface area contributed by atoms with Gasteiger partial charge in [0.2, 0.25) is 0 Å². The first-order valence-electron chi connectivity index (χ1n) is 4.76. The minimum Gasteiger partial charge on any atom is -0.396 e. The number of aliphatic hydroxyl groups excluding tert-OH is 1. The lowest BCUT2D eigenvalue weighted by Gasteiger charge is -2.01. The molecule has 0 aliphatic carbocycles. The Labute approximate surface area is 101 Å². The van der Waals surface area contributed by atoms with E-state index in [-0.39, 0.29) is 11.6 Å². The molecule has 0 saturated carbocycles. The highest BCUT2D eigenvalue weighted by Crippen LogP contribution is 2.24. The van der Waals surface area contributed by atoms with Crippen LogP contribution < -0.4 is 5.32 Å². The van der Waals surface area contributed by atoms with Crippen LogP contribution >= 0.6 is 23.1 Å². The van der Waals surface area contributed by atoms with Crippen molar-refractivity contribution >= 4 is 33.2 Å². The molecule has 0 aliphatic heterocycles. The Morgan fingerprint density at radius 3 is 3.06 bits per heavy atom. The van der Waals surface area contributed by atoms with Crippen LogP contribution in [0.1, 0.15) is 6.42 Å². The van der Waals surface area contributed by atoms with E-state index in [1.165, 1.54) is 6.20 Å². The number of aromatic nitrogens is 1. The Morgan fingerprint density at radius 2 is 2.44 bits per heavy atom. The van der Waals surface area contributed by atoms with Gasteiger partial charge < -0.3 is 10.4 Å². The van der Waals surface area contributed by atoms with Crippen molar-refractivity contribution in [2.75, 3.05) is 30.0 Å². The van der Waals surface area contributed by atoms with Gasteiger partial charge >= 0.3 is 5.00 Å². The lowest BCUT2D eigenvalue weighted by molar-refractivity contribution is -0.380.